The molecule has 3 amide bonds. The predicted molar refractivity (Wildman–Crippen MR) is 89.9 cm³/mol. The second-order valence-corrected chi connectivity index (χ2v) is 7.56. The van der Waals surface area contributed by atoms with Gasteiger partial charge in [-0.1, -0.05) is 0 Å². The lowest BCUT2D eigenvalue weighted by molar-refractivity contribution is -0.136. The summed E-state index contributed by atoms with van der Waals surface area (Å²) in [6.45, 7) is 1.25. The molecule has 3 unspecified atom stereocenters. The number of piperazine rings is 1. The summed E-state index contributed by atoms with van der Waals surface area (Å²) in [6.07, 6.45) is 1.19. The van der Waals surface area contributed by atoms with Crippen LogP contribution in [0.5, 0.6) is 0 Å². The summed E-state index contributed by atoms with van der Waals surface area (Å²) in [5.41, 5.74) is 0.00992. The standard InChI is InChI=1S/C18H18F2N4O3/c19-12-4-10-11(15(20)16(12)24-8-3-9(24)6-21-5-8)7-23(18(10)27)13-1-2-14(25)22-17(13)26/h4,8-9,13,21H,1-3,5-7H2,(H,22,25,26). The average Bonchev–Trinajstić information content (AvgIpc) is 2.96. The molecule has 142 valence electrons. The summed E-state index contributed by atoms with van der Waals surface area (Å²) in [5.74, 6) is -3.00. The van der Waals surface area contributed by atoms with Gasteiger partial charge < -0.3 is 15.1 Å². The van der Waals surface area contributed by atoms with Crippen molar-refractivity contribution in [3.05, 3.63) is 28.8 Å². The number of benzene rings is 1. The van der Waals surface area contributed by atoms with E-state index in [0.29, 0.717) is 13.1 Å². The number of carbonyl (C=O) groups is 3. The van der Waals surface area contributed by atoms with Crippen LogP contribution in [0.25, 0.3) is 0 Å². The summed E-state index contributed by atoms with van der Waals surface area (Å²) >= 11 is 0. The second-order valence-electron chi connectivity index (χ2n) is 7.56. The van der Waals surface area contributed by atoms with Gasteiger partial charge in [0.2, 0.25) is 11.8 Å². The molecule has 4 aliphatic rings. The van der Waals surface area contributed by atoms with E-state index in [1.165, 1.54) is 4.90 Å². The maximum absolute atomic E-state index is 15.3. The van der Waals surface area contributed by atoms with Crippen molar-refractivity contribution in [1.29, 1.82) is 0 Å². The van der Waals surface area contributed by atoms with Gasteiger partial charge in [-0.2, -0.15) is 0 Å². The predicted octanol–water partition coefficient (Wildman–Crippen LogP) is 0.276. The fourth-order valence-electron chi connectivity index (χ4n) is 4.70. The summed E-state index contributed by atoms with van der Waals surface area (Å²) in [6, 6.07) is 0.341. The molecular formula is C18H18F2N4O3. The molecule has 0 spiro atoms. The Labute approximate surface area is 153 Å². The molecule has 4 aliphatic heterocycles. The van der Waals surface area contributed by atoms with E-state index in [1.807, 2.05) is 0 Å². The van der Waals surface area contributed by atoms with Crippen molar-refractivity contribution in [2.75, 3.05) is 18.0 Å². The van der Waals surface area contributed by atoms with Crippen LogP contribution in [0.4, 0.5) is 14.5 Å². The van der Waals surface area contributed by atoms with E-state index in [-0.39, 0.29) is 48.3 Å². The largest absolute Gasteiger partial charge is 0.358 e. The zero-order chi connectivity index (χ0) is 18.9. The van der Waals surface area contributed by atoms with E-state index in [2.05, 4.69) is 10.6 Å². The molecule has 0 saturated carbocycles. The number of nitrogens with zero attached hydrogens (tertiary/aromatic N) is 2. The zero-order valence-corrected chi connectivity index (χ0v) is 14.4. The smallest absolute Gasteiger partial charge is 0.255 e. The van der Waals surface area contributed by atoms with Crippen LogP contribution in [-0.4, -0.2) is 53.8 Å². The molecule has 5 rings (SSSR count). The van der Waals surface area contributed by atoms with Crippen molar-refractivity contribution in [3.8, 4) is 0 Å². The van der Waals surface area contributed by atoms with E-state index in [0.717, 1.165) is 12.5 Å². The minimum Gasteiger partial charge on any atom is -0.358 e. The fourth-order valence-corrected chi connectivity index (χ4v) is 4.70. The number of amides is 3. The Morgan fingerprint density at radius 1 is 1.11 bits per heavy atom. The maximum Gasteiger partial charge on any atom is 0.255 e. The van der Waals surface area contributed by atoms with Crippen LogP contribution in [0.2, 0.25) is 0 Å². The molecule has 4 heterocycles. The highest BCUT2D eigenvalue weighted by atomic mass is 19.1. The number of anilines is 1. The van der Waals surface area contributed by atoms with Crippen molar-refractivity contribution in [3.63, 3.8) is 0 Å². The van der Waals surface area contributed by atoms with Gasteiger partial charge in [0.1, 0.15) is 17.5 Å². The van der Waals surface area contributed by atoms with Gasteiger partial charge in [0.15, 0.2) is 5.82 Å². The van der Waals surface area contributed by atoms with Gasteiger partial charge in [0.05, 0.1) is 12.1 Å². The van der Waals surface area contributed by atoms with Crippen LogP contribution in [0.3, 0.4) is 0 Å². The highest BCUT2D eigenvalue weighted by molar-refractivity contribution is 6.05. The Morgan fingerprint density at radius 3 is 2.52 bits per heavy atom. The van der Waals surface area contributed by atoms with Crippen LogP contribution >= 0.6 is 0 Å². The van der Waals surface area contributed by atoms with Gasteiger partial charge in [0, 0.05) is 37.2 Å². The summed E-state index contributed by atoms with van der Waals surface area (Å²) in [7, 11) is 0. The fraction of sp³-hybridized carbons (Fsp3) is 0.500. The van der Waals surface area contributed by atoms with E-state index in [1.54, 1.807) is 4.90 Å². The number of rotatable bonds is 2. The van der Waals surface area contributed by atoms with Gasteiger partial charge in [-0.3, -0.25) is 19.7 Å². The first kappa shape index (κ1) is 16.6. The van der Waals surface area contributed by atoms with Gasteiger partial charge in [-0.25, -0.2) is 8.78 Å². The number of hydrogen-bond acceptors (Lipinski definition) is 5. The SMILES string of the molecule is O=C1CCC(N2Cc3c(cc(F)c(N4C5CNCC4C5)c3F)C2=O)C(=O)N1. The van der Waals surface area contributed by atoms with Crippen molar-refractivity contribution in [2.24, 2.45) is 0 Å². The molecule has 1 aromatic carbocycles. The number of halogens is 2. The van der Waals surface area contributed by atoms with Crippen LogP contribution < -0.4 is 15.5 Å². The van der Waals surface area contributed by atoms with Crippen LogP contribution in [0, 0.1) is 11.6 Å². The average molecular weight is 376 g/mol. The van der Waals surface area contributed by atoms with Gasteiger partial charge in [0.25, 0.3) is 5.91 Å². The second kappa shape index (κ2) is 5.72. The first-order chi connectivity index (χ1) is 13.0. The summed E-state index contributed by atoms with van der Waals surface area (Å²) in [5, 5.41) is 5.42. The lowest BCUT2D eigenvalue weighted by Crippen LogP contribution is -2.68. The van der Waals surface area contributed by atoms with Crippen LogP contribution in [-0.2, 0) is 16.1 Å². The first-order valence-corrected chi connectivity index (χ1v) is 9.10. The van der Waals surface area contributed by atoms with Crippen LogP contribution in [0.1, 0.15) is 35.2 Å². The number of carbonyl (C=O) groups excluding carboxylic acids is 3. The Bertz CT molecular complexity index is 876. The molecule has 3 fully saturated rings. The Morgan fingerprint density at radius 2 is 1.85 bits per heavy atom. The van der Waals surface area contributed by atoms with Crippen LogP contribution in [0.15, 0.2) is 6.07 Å². The van der Waals surface area contributed by atoms with Crippen molar-refractivity contribution in [1.82, 2.24) is 15.5 Å². The highest BCUT2D eigenvalue weighted by Crippen LogP contribution is 2.41. The third kappa shape index (κ3) is 2.30. The lowest BCUT2D eigenvalue weighted by Gasteiger charge is -2.54. The first-order valence-electron chi connectivity index (χ1n) is 9.10. The Hall–Kier alpha value is -2.55. The monoisotopic (exact) mass is 376 g/mol. The van der Waals surface area contributed by atoms with Crippen molar-refractivity contribution >= 4 is 23.4 Å². The number of fused-ring (bicyclic) bond motifs is 3. The zero-order valence-electron chi connectivity index (χ0n) is 14.4. The minimum absolute atomic E-state index is 0.0396. The number of piperidine rings is 2. The topological polar surface area (TPSA) is 81.8 Å². The molecule has 1 aromatic rings. The Balaban J connectivity index is 1.49. The number of hydrogen-bond donors (Lipinski definition) is 2. The molecule has 0 aromatic heterocycles. The molecule has 9 heteroatoms. The normalized spacial score (nSPS) is 29.6. The molecule has 27 heavy (non-hydrogen) atoms. The number of imide groups is 1. The van der Waals surface area contributed by atoms with E-state index in [9.17, 15) is 18.8 Å². The lowest BCUT2D eigenvalue weighted by atomic mass is 9.87. The van der Waals surface area contributed by atoms with E-state index >= 15 is 4.39 Å². The molecular weight excluding hydrogens is 358 g/mol. The molecule has 2 N–H and O–H groups in total. The van der Waals surface area contributed by atoms with Crippen molar-refractivity contribution in [2.45, 2.75) is 43.9 Å². The summed E-state index contributed by atoms with van der Waals surface area (Å²) in [4.78, 5) is 39.1. The Kier molecular flexibility index (Phi) is 3.52. The van der Waals surface area contributed by atoms with Gasteiger partial charge >= 0.3 is 0 Å². The minimum atomic E-state index is -0.846. The van der Waals surface area contributed by atoms with E-state index in [4.69, 9.17) is 0 Å². The molecule has 3 atom stereocenters. The molecule has 3 saturated heterocycles. The quantitative estimate of drug-likeness (QED) is 0.725. The molecule has 0 aliphatic carbocycles. The highest BCUT2D eigenvalue weighted by Gasteiger charge is 2.46. The number of nitrogens with one attached hydrogen (secondary N) is 2. The van der Waals surface area contributed by atoms with Gasteiger partial charge in [-0.15, -0.1) is 0 Å². The molecule has 0 radical (unpaired) electrons. The van der Waals surface area contributed by atoms with E-state index < -0.39 is 35.4 Å². The van der Waals surface area contributed by atoms with Gasteiger partial charge in [-0.05, 0) is 18.9 Å². The summed E-state index contributed by atoms with van der Waals surface area (Å²) < 4.78 is 30.0. The molecule has 7 nitrogen and oxygen atoms in total. The third-order valence-corrected chi connectivity index (χ3v) is 6.05. The third-order valence-electron chi connectivity index (χ3n) is 6.05. The molecule has 2 bridgehead atoms. The van der Waals surface area contributed by atoms with Crippen molar-refractivity contribution < 1.29 is 23.2 Å². The maximum atomic E-state index is 15.3.